The summed E-state index contributed by atoms with van der Waals surface area (Å²) in [6.45, 7) is 0. The van der Waals surface area contributed by atoms with Gasteiger partial charge in [-0.3, -0.25) is 10.1 Å². The van der Waals surface area contributed by atoms with Gasteiger partial charge in [-0.2, -0.15) is 0 Å². The quantitative estimate of drug-likeness (QED) is 0.836. The first kappa shape index (κ1) is 17.9. The molecule has 0 unspecified atom stereocenters. The second kappa shape index (κ2) is 7.90. The van der Waals surface area contributed by atoms with Crippen LogP contribution in [0, 0.1) is 0 Å². The van der Waals surface area contributed by atoms with Crippen LogP contribution >= 0.6 is 23.2 Å². The standard InChI is InChI=1S/C16H14Cl2N2O4/c1-23-14-6-3-9(7-13(14)20-16(22)24-2)15(21)19-10-4-5-11(17)12(18)8-10/h3-8H,1-2H3,(H,19,21)(H,20,22). The molecule has 2 rings (SSSR count). The van der Waals surface area contributed by atoms with Crippen LogP contribution in [0.5, 0.6) is 5.75 Å². The molecular weight excluding hydrogens is 355 g/mol. The van der Waals surface area contributed by atoms with E-state index in [0.717, 1.165) is 0 Å². The van der Waals surface area contributed by atoms with Crippen molar-refractivity contribution in [1.29, 1.82) is 0 Å². The number of anilines is 2. The van der Waals surface area contributed by atoms with Crippen LogP contribution in [0.4, 0.5) is 16.2 Å². The van der Waals surface area contributed by atoms with Crippen molar-refractivity contribution in [3.8, 4) is 5.75 Å². The molecule has 0 aliphatic rings. The van der Waals surface area contributed by atoms with E-state index >= 15 is 0 Å². The molecule has 2 aromatic carbocycles. The maximum absolute atomic E-state index is 12.3. The van der Waals surface area contributed by atoms with Crippen LogP contribution in [-0.4, -0.2) is 26.2 Å². The predicted molar refractivity (Wildman–Crippen MR) is 93.4 cm³/mol. The Kier molecular flexibility index (Phi) is 5.89. The second-order valence-corrected chi connectivity index (χ2v) is 5.43. The van der Waals surface area contributed by atoms with E-state index in [0.29, 0.717) is 32.7 Å². The van der Waals surface area contributed by atoms with E-state index in [1.807, 2.05) is 0 Å². The molecule has 126 valence electrons. The summed E-state index contributed by atoms with van der Waals surface area (Å²) in [5.74, 6) is 0.00967. The van der Waals surface area contributed by atoms with Crippen molar-refractivity contribution in [2.45, 2.75) is 0 Å². The van der Waals surface area contributed by atoms with E-state index in [1.165, 1.54) is 20.3 Å². The van der Waals surface area contributed by atoms with Crippen LogP contribution in [0.2, 0.25) is 10.0 Å². The first-order valence-electron chi connectivity index (χ1n) is 6.74. The number of amides is 2. The third-order valence-corrected chi connectivity index (χ3v) is 3.80. The lowest BCUT2D eigenvalue weighted by Crippen LogP contribution is -2.15. The zero-order chi connectivity index (χ0) is 17.7. The minimum atomic E-state index is -0.671. The van der Waals surface area contributed by atoms with Gasteiger partial charge in [0.25, 0.3) is 5.91 Å². The highest BCUT2D eigenvalue weighted by Gasteiger charge is 2.13. The maximum Gasteiger partial charge on any atom is 0.411 e. The highest BCUT2D eigenvalue weighted by atomic mass is 35.5. The van der Waals surface area contributed by atoms with E-state index in [1.54, 1.807) is 30.3 Å². The topological polar surface area (TPSA) is 76.7 Å². The van der Waals surface area contributed by atoms with Crippen LogP contribution in [0.3, 0.4) is 0 Å². The van der Waals surface area contributed by atoms with Crippen molar-refractivity contribution >= 4 is 46.6 Å². The molecule has 0 aliphatic heterocycles. The van der Waals surface area contributed by atoms with Gasteiger partial charge in [0.2, 0.25) is 0 Å². The van der Waals surface area contributed by atoms with E-state index in [-0.39, 0.29) is 5.91 Å². The van der Waals surface area contributed by atoms with Crippen LogP contribution in [-0.2, 0) is 4.74 Å². The number of ether oxygens (including phenoxy) is 2. The van der Waals surface area contributed by atoms with Gasteiger partial charge in [-0.25, -0.2) is 4.79 Å². The summed E-state index contributed by atoms with van der Waals surface area (Å²) in [5, 5.41) is 5.90. The molecule has 0 aliphatic carbocycles. The number of methoxy groups -OCH3 is 2. The Labute approximate surface area is 148 Å². The van der Waals surface area contributed by atoms with Crippen LogP contribution < -0.4 is 15.4 Å². The molecule has 0 atom stereocenters. The van der Waals surface area contributed by atoms with E-state index in [9.17, 15) is 9.59 Å². The molecule has 0 heterocycles. The van der Waals surface area contributed by atoms with Crippen LogP contribution in [0.25, 0.3) is 0 Å². The van der Waals surface area contributed by atoms with E-state index in [2.05, 4.69) is 15.4 Å². The lowest BCUT2D eigenvalue weighted by atomic mass is 10.1. The Morgan fingerprint density at radius 1 is 0.958 bits per heavy atom. The van der Waals surface area contributed by atoms with Gasteiger partial charge in [0.1, 0.15) is 5.75 Å². The Balaban J connectivity index is 2.23. The number of nitrogens with one attached hydrogen (secondary N) is 2. The molecule has 24 heavy (non-hydrogen) atoms. The Bertz CT molecular complexity index is 781. The Morgan fingerprint density at radius 3 is 2.33 bits per heavy atom. The van der Waals surface area contributed by atoms with Gasteiger partial charge < -0.3 is 14.8 Å². The summed E-state index contributed by atoms with van der Waals surface area (Å²) in [5.41, 5.74) is 1.12. The van der Waals surface area contributed by atoms with Gasteiger partial charge in [0.15, 0.2) is 0 Å². The highest BCUT2D eigenvalue weighted by molar-refractivity contribution is 6.42. The molecular formula is C16H14Cl2N2O4. The monoisotopic (exact) mass is 368 g/mol. The fraction of sp³-hybridized carbons (Fsp3) is 0.125. The minimum absolute atomic E-state index is 0.311. The fourth-order valence-electron chi connectivity index (χ4n) is 1.89. The summed E-state index contributed by atoms with van der Waals surface area (Å²) in [6.07, 6.45) is -0.671. The number of rotatable bonds is 4. The average molecular weight is 369 g/mol. The zero-order valence-corrected chi connectivity index (χ0v) is 14.4. The smallest absolute Gasteiger partial charge is 0.411 e. The molecule has 0 saturated heterocycles. The molecule has 0 radical (unpaired) electrons. The SMILES string of the molecule is COC(=O)Nc1cc(C(=O)Nc2ccc(Cl)c(Cl)c2)ccc1OC. The number of benzene rings is 2. The Hall–Kier alpha value is -2.44. The van der Waals surface area contributed by atoms with Crippen molar-refractivity contribution in [3.05, 3.63) is 52.0 Å². The normalized spacial score (nSPS) is 10.0. The predicted octanol–water partition coefficient (Wildman–Crippen LogP) is 4.43. The van der Waals surface area contributed by atoms with Crippen molar-refractivity contribution in [2.24, 2.45) is 0 Å². The summed E-state index contributed by atoms with van der Waals surface area (Å²) < 4.78 is 9.68. The molecule has 2 amide bonds. The molecule has 8 heteroatoms. The summed E-state index contributed by atoms with van der Waals surface area (Å²) in [7, 11) is 2.69. The third kappa shape index (κ3) is 4.31. The second-order valence-electron chi connectivity index (χ2n) is 4.61. The number of hydrogen-bond donors (Lipinski definition) is 2. The number of halogens is 2. The van der Waals surface area contributed by atoms with E-state index in [4.69, 9.17) is 27.9 Å². The van der Waals surface area contributed by atoms with Gasteiger partial charge in [-0.1, -0.05) is 23.2 Å². The third-order valence-electron chi connectivity index (χ3n) is 3.06. The first-order valence-corrected chi connectivity index (χ1v) is 7.49. The highest BCUT2D eigenvalue weighted by Crippen LogP contribution is 2.27. The molecule has 0 spiro atoms. The lowest BCUT2D eigenvalue weighted by molar-refractivity contribution is 0.102. The fourth-order valence-corrected chi connectivity index (χ4v) is 2.18. The van der Waals surface area contributed by atoms with E-state index < -0.39 is 6.09 Å². The number of hydrogen-bond acceptors (Lipinski definition) is 4. The molecule has 2 N–H and O–H groups in total. The Morgan fingerprint density at radius 2 is 1.71 bits per heavy atom. The van der Waals surface area contributed by atoms with Gasteiger partial charge in [0.05, 0.1) is 30.0 Å². The van der Waals surface area contributed by atoms with Crippen molar-refractivity contribution < 1.29 is 19.1 Å². The molecule has 0 bridgehead atoms. The number of carbonyl (C=O) groups excluding carboxylic acids is 2. The molecule has 2 aromatic rings. The lowest BCUT2D eigenvalue weighted by Gasteiger charge is -2.12. The van der Waals surface area contributed by atoms with Crippen molar-refractivity contribution in [1.82, 2.24) is 0 Å². The van der Waals surface area contributed by atoms with Gasteiger partial charge in [0, 0.05) is 11.3 Å². The number of carbonyl (C=O) groups is 2. The van der Waals surface area contributed by atoms with Crippen molar-refractivity contribution in [3.63, 3.8) is 0 Å². The maximum atomic E-state index is 12.3. The van der Waals surface area contributed by atoms with Gasteiger partial charge >= 0.3 is 6.09 Å². The molecule has 0 saturated carbocycles. The van der Waals surface area contributed by atoms with Gasteiger partial charge in [-0.05, 0) is 36.4 Å². The molecule has 6 nitrogen and oxygen atoms in total. The summed E-state index contributed by atoms with van der Waals surface area (Å²) >= 11 is 11.8. The average Bonchev–Trinajstić information content (AvgIpc) is 2.58. The molecule has 0 fully saturated rings. The molecule has 0 aromatic heterocycles. The largest absolute Gasteiger partial charge is 0.495 e. The minimum Gasteiger partial charge on any atom is -0.495 e. The first-order chi connectivity index (χ1) is 11.4. The van der Waals surface area contributed by atoms with Crippen LogP contribution in [0.15, 0.2) is 36.4 Å². The van der Waals surface area contributed by atoms with Crippen LogP contribution in [0.1, 0.15) is 10.4 Å². The zero-order valence-electron chi connectivity index (χ0n) is 12.9. The summed E-state index contributed by atoms with van der Waals surface area (Å²) in [6, 6.07) is 9.35. The summed E-state index contributed by atoms with van der Waals surface area (Å²) in [4.78, 5) is 23.7. The van der Waals surface area contributed by atoms with Crippen molar-refractivity contribution in [2.75, 3.05) is 24.9 Å². The van der Waals surface area contributed by atoms with Gasteiger partial charge in [-0.15, -0.1) is 0 Å².